The van der Waals surface area contributed by atoms with Gasteiger partial charge in [0, 0.05) is 29.0 Å². The maximum absolute atomic E-state index is 5.97. The summed E-state index contributed by atoms with van der Waals surface area (Å²) in [5.74, 6) is 1.57. The third kappa shape index (κ3) is 3.49. The molecule has 0 aliphatic carbocycles. The number of hydrogen-bond donors (Lipinski definition) is 1. The van der Waals surface area contributed by atoms with Gasteiger partial charge in [-0.25, -0.2) is 4.98 Å². The van der Waals surface area contributed by atoms with Crippen molar-refractivity contribution in [2.75, 3.05) is 13.7 Å². The zero-order chi connectivity index (χ0) is 14.5. The van der Waals surface area contributed by atoms with Crippen LogP contribution in [-0.4, -0.2) is 18.7 Å². The van der Waals surface area contributed by atoms with E-state index in [9.17, 15) is 0 Å². The van der Waals surface area contributed by atoms with Crippen LogP contribution in [0.3, 0.4) is 0 Å². The monoisotopic (exact) mass is 292 g/mol. The number of ether oxygens (including phenoxy) is 2. The van der Waals surface area contributed by atoms with Crippen LogP contribution in [0, 0.1) is 6.92 Å². The number of benzene rings is 1. The highest BCUT2D eigenvalue weighted by Crippen LogP contribution is 2.28. The molecule has 0 radical (unpaired) electrons. The molecule has 5 heteroatoms. The van der Waals surface area contributed by atoms with Gasteiger partial charge in [0.1, 0.15) is 11.5 Å². The molecule has 2 rings (SSSR count). The van der Waals surface area contributed by atoms with Gasteiger partial charge in [0.15, 0.2) is 0 Å². The van der Waals surface area contributed by atoms with Crippen LogP contribution in [0.25, 0.3) is 0 Å². The molecule has 0 aliphatic rings. The average molecular weight is 292 g/mol. The fourth-order valence-electron chi connectivity index (χ4n) is 1.96. The Bertz CT molecular complexity index is 567. The highest BCUT2D eigenvalue weighted by atomic mass is 32.1. The minimum atomic E-state index is -0.0685. The Labute approximate surface area is 123 Å². The summed E-state index contributed by atoms with van der Waals surface area (Å²) in [6.45, 7) is 4.57. The number of aromatic nitrogens is 1. The van der Waals surface area contributed by atoms with Crippen LogP contribution in [0.1, 0.15) is 29.1 Å². The molecule has 0 fully saturated rings. The fraction of sp³-hybridized carbons (Fsp3) is 0.400. The smallest absolute Gasteiger partial charge is 0.127 e. The topological polar surface area (TPSA) is 57.4 Å². The molecule has 4 nitrogen and oxygen atoms in total. The summed E-state index contributed by atoms with van der Waals surface area (Å²) in [6, 6.07) is 5.68. The third-order valence-corrected chi connectivity index (χ3v) is 4.14. The molecule has 1 aromatic carbocycles. The molecule has 1 atom stereocenters. The standard InChI is InChI=1S/C15H20N2O2S/c1-10(16)13-5-4-12(18-3)8-14(13)19-7-6-15-11(2)17-9-20-15/h4-5,8-10H,6-7,16H2,1-3H3/t10-/m1/s1. The van der Waals surface area contributed by atoms with Crippen molar-refractivity contribution in [3.05, 3.63) is 39.8 Å². The van der Waals surface area contributed by atoms with Gasteiger partial charge >= 0.3 is 0 Å². The second-order valence-corrected chi connectivity index (χ2v) is 5.59. The van der Waals surface area contributed by atoms with Crippen molar-refractivity contribution in [2.45, 2.75) is 26.3 Å². The zero-order valence-corrected chi connectivity index (χ0v) is 12.9. The van der Waals surface area contributed by atoms with Crippen LogP contribution in [-0.2, 0) is 6.42 Å². The maximum Gasteiger partial charge on any atom is 0.127 e. The van der Waals surface area contributed by atoms with Gasteiger partial charge in [0.25, 0.3) is 0 Å². The minimum Gasteiger partial charge on any atom is -0.497 e. The second kappa shape index (κ2) is 6.72. The van der Waals surface area contributed by atoms with Gasteiger partial charge < -0.3 is 15.2 Å². The van der Waals surface area contributed by atoms with Gasteiger partial charge in [-0.05, 0) is 19.9 Å². The van der Waals surface area contributed by atoms with E-state index in [1.807, 2.05) is 37.6 Å². The Morgan fingerprint density at radius 1 is 1.40 bits per heavy atom. The summed E-state index contributed by atoms with van der Waals surface area (Å²) in [7, 11) is 1.64. The Morgan fingerprint density at radius 2 is 2.20 bits per heavy atom. The zero-order valence-electron chi connectivity index (χ0n) is 12.1. The lowest BCUT2D eigenvalue weighted by molar-refractivity contribution is 0.314. The molecule has 0 amide bonds. The van der Waals surface area contributed by atoms with Gasteiger partial charge in [-0.3, -0.25) is 0 Å². The molecular formula is C15H20N2O2S. The molecular weight excluding hydrogens is 272 g/mol. The molecule has 0 bridgehead atoms. The molecule has 1 aromatic heterocycles. The highest BCUT2D eigenvalue weighted by molar-refractivity contribution is 7.09. The second-order valence-electron chi connectivity index (χ2n) is 4.65. The molecule has 0 spiro atoms. The number of aryl methyl sites for hydroxylation is 1. The SMILES string of the molecule is COc1ccc([C@@H](C)N)c(OCCc2scnc2C)c1. The van der Waals surface area contributed by atoms with Gasteiger partial charge in [0.2, 0.25) is 0 Å². The number of nitrogens with two attached hydrogens (primary N) is 1. The molecule has 0 saturated carbocycles. The van der Waals surface area contributed by atoms with Crippen LogP contribution < -0.4 is 15.2 Å². The molecule has 1 heterocycles. The van der Waals surface area contributed by atoms with Crippen molar-refractivity contribution in [3.8, 4) is 11.5 Å². The van der Waals surface area contributed by atoms with E-state index in [-0.39, 0.29) is 6.04 Å². The van der Waals surface area contributed by atoms with Gasteiger partial charge in [-0.1, -0.05) is 6.07 Å². The number of hydrogen-bond acceptors (Lipinski definition) is 5. The van der Waals surface area contributed by atoms with Gasteiger partial charge in [-0.2, -0.15) is 0 Å². The first-order valence-electron chi connectivity index (χ1n) is 6.57. The van der Waals surface area contributed by atoms with Crippen molar-refractivity contribution < 1.29 is 9.47 Å². The molecule has 0 unspecified atom stereocenters. The number of methoxy groups -OCH3 is 1. The first-order chi connectivity index (χ1) is 9.61. The molecule has 0 saturated heterocycles. The van der Waals surface area contributed by atoms with Crippen LogP contribution >= 0.6 is 11.3 Å². The Hall–Kier alpha value is -1.59. The predicted octanol–water partition coefficient (Wildman–Crippen LogP) is 3.10. The first kappa shape index (κ1) is 14.8. The molecule has 108 valence electrons. The van der Waals surface area contributed by atoms with E-state index in [2.05, 4.69) is 4.98 Å². The third-order valence-electron chi connectivity index (χ3n) is 3.14. The van der Waals surface area contributed by atoms with Gasteiger partial charge in [-0.15, -0.1) is 11.3 Å². The van der Waals surface area contributed by atoms with Crippen LogP contribution in [0.4, 0.5) is 0 Å². The van der Waals surface area contributed by atoms with Crippen LogP contribution in [0.15, 0.2) is 23.7 Å². The number of thiazole rings is 1. The summed E-state index contributed by atoms with van der Waals surface area (Å²) in [5.41, 5.74) is 9.91. The minimum absolute atomic E-state index is 0.0685. The van der Waals surface area contributed by atoms with Crippen molar-refractivity contribution in [2.24, 2.45) is 5.73 Å². The van der Waals surface area contributed by atoms with E-state index in [4.69, 9.17) is 15.2 Å². The van der Waals surface area contributed by atoms with Gasteiger partial charge in [0.05, 0.1) is 24.9 Å². The summed E-state index contributed by atoms with van der Waals surface area (Å²) in [6.07, 6.45) is 0.853. The van der Waals surface area contributed by atoms with E-state index in [1.54, 1.807) is 18.4 Å². The fourth-order valence-corrected chi connectivity index (χ4v) is 2.73. The Kier molecular flexibility index (Phi) is 4.98. The normalized spacial score (nSPS) is 12.2. The number of rotatable bonds is 6. The highest BCUT2D eigenvalue weighted by Gasteiger charge is 2.10. The molecule has 2 N–H and O–H groups in total. The van der Waals surface area contributed by atoms with Crippen LogP contribution in [0.5, 0.6) is 11.5 Å². The predicted molar refractivity (Wildman–Crippen MR) is 81.6 cm³/mol. The Morgan fingerprint density at radius 3 is 2.80 bits per heavy atom. The molecule has 20 heavy (non-hydrogen) atoms. The lowest BCUT2D eigenvalue weighted by Crippen LogP contribution is -2.09. The summed E-state index contributed by atoms with van der Waals surface area (Å²) >= 11 is 1.66. The van der Waals surface area contributed by atoms with E-state index < -0.39 is 0 Å². The van der Waals surface area contributed by atoms with E-state index in [0.717, 1.165) is 29.2 Å². The first-order valence-corrected chi connectivity index (χ1v) is 7.45. The largest absolute Gasteiger partial charge is 0.497 e. The number of nitrogens with zero attached hydrogens (tertiary/aromatic N) is 1. The van der Waals surface area contributed by atoms with E-state index >= 15 is 0 Å². The quantitative estimate of drug-likeness (QED) is 0.889. The lowest BCUT2D eigenvalue weighted by atomic mass is 10.1. The molecule has 2 aromatic rings. The summed E-state index contributed by atoms with van der Waals surface area (Å²) in [4.78, 5) is 5.50. The van der Waals surface area contributed by atoms with Crippen molar-refractivity contribution in [3.63, 3.8) is 0 Å². The maximum atomic E-state index is 5.97. The van der Waals surface area contributed by atoms with Crippen LogP contribution in [0.2, 0.25) is 0 Å². The van der Waals surface area contributed by atoms with Crippen molar-refractivity contribution in [1.82, 2.24) is 4.98 Å². The van der Waals surface area contributed by atoms with Crippen molar-refractivity contribution >= 4 is 11.3 Å². The summed E-state index contributed by atoms with van der Waals surface area (Å²) < 4.78 is 11.1. The lowest BCUT2D eigenvalue weighted by Gasteiger charge is -2.15. The average Bonchev–Trinajstić information content (AvgIpc) is 2.84. The van der Waals surface area contributed by atoms with E-state index in [0.29, 0.717) is 6.61 Å². The Balaban J connectivity index is 2.05. The van der Waals surface area contributed by atoms with Crippen molar-refractivity contribution in [1.29, 1.82) is 0 Å². The molecule has 0 aliphatic heterocycles. The summed E-state index contributed by atoms with van der Waals surface area (Å²) in [5, 5.41) is 0. The van der Waals surface area contributed by atoms with E-state index in [1.165, 1.54) is 4.88 Å².